The van der Waals surface area contributed by atoms with Gasteiger partial charge in [0.2, 0.25) is 0 Å². The van der Waals surface area contributed by atoms with Crippen molar-refractivity contribution in [3.8, 4) is 5.06 Å². The van der Waals surface area contributed by atoms with Crippen LogP contribution in [0.3, 0.4) is 0 Å². The third-order valence-corrected chi connectivity index (χ3v) is 3.76. The first kappa shape index (κ1) is 13.7. The van der Waals surface area contributed by atoms with Crippen molar-refractivity contribution >= 4 is 19.2 Å². The van der Waals surface area contributed by atoms with Gasteiger partial charge in [-0.1, -0.05) is 26.2 Å². The summed E-state index contributed by atoms with van der Waals surface area (Å²) in [5, 5.41) is 2.18. The van der Waals surface area contributed by atoms with Crippen LogP contribution in [0.15, 0.2) is 17.5 Å². The largest absolute Gasteiger partial charge is 0.528 e. The van der Waals surface area contributed by atoms with Gasteiger partial charge in [-0.3, -0.25) is 9.42 Å². The average Bonchev–Trinajstić information content (AvgIpc) is 2.69. The van der Waals surface area contributed by atoms with Gasteiger partial charge in [0.05, 0.1) is 6.61 Å². The zero-order valence-electron chi connectivity index (χ0n) is 9.30. The molecule has 0 saturated carbocycles. The summed E-state index contributed by atoms with van der Waals surface area (Å²) in [6.45, 7) is 2.37. The lowest BCUT2D eigenvalue weighted by atomic mass is 10.2. The van der Waals surface area contributed by atoms with Gasteiger partial charge in [0.25, 0.3) is 0 Å². The van der Waals surface area contributed by atoms with Crippen molar-refractivity contribution < 1.29 is 18.5 Å². The summed E-state index contributed by atoms with van der Waals surface area (Å²) >= 11 is 1.26. The fraction of sp³-hybridized carbons (Fsp3) is 0.600. The molecule has 1 aromatic rings. The molecule has 0 amide bonds. The lowest BCUT2D eigenvalue weighted by Gasteiger charge is -2.11. The van der Waals surface area contributed by atoms with Crippen LogP contribution in [0.25, 0.3) is 0 Å². The second-order valence-corrected chi connectivity index (χ2v) is 5.67. The van der Waals surface area contributed by atoms with E-state index in [-0.39, 0.29) is 6.61 Å². The predicted octanol–water partition coefficient (Wildman–Crippen LogP) is 3.82. The second kappa shape index (κ2) is 7.07. The van der Waals surface area contributed by atoms with Crippen molar-refractivity contribution in [3.63, 3.8) is 0 Å². The Balaban J connectivity index is 2.21. The average molecular weight is 264 g/mol. The summed E-state index contributed by atoms with van der Waals surface area (Å²) in [6, 6.07) is 3.38. The molecule has 1 N–H and O–H groups in total. The van der Waals surface area contributed by atoms with Crippen LogP contribution in [0, 0.1) is 0 Å². The Bertz CT molecular complexity index is 326. The van der Waals surface area contributed by atoms with Gasteiger partial charge in [-0.2, -0.15) is 0 Å². The third kappa shape index (κ3) is 5.66. The molecule has 0 aliphatic carbocycles. The van der Waals surface area contributed by atoms with E-state index >= 15 is 0 Å². The number of unbranched alkanes of at least 4 members (excludes halogenated alkanes) is 3. The van der Waals surface area contributed by atoms with E-state index in [9.17, 15) is 9.46 Å². The van der Waals surface area contributed by atoms with Crippen LogP contribution < -0.4 is 4.52 Å². The molecule has 1 heterocycles. The molecule has 0 aromatic carbocycles. The van der Waals surface area contributed by atoms with Crippen LogP contribution in [-0.4, -0.2) is 11.5 Å². The highest BCUT2D eigenvalue weighted by molar-refractivity contribution is 7.48. The van der Waals surface area contributed by atoms with Crippen molar-refractivity contribution in [1.29, 1.82) is 0 Å². The van der Waals surface area contributed by atoms with Crippen molar-refractivity contribution in [2.45, 2.75) is 32.6 Å². The van der Waals surface area contributed by atoms with Crippen LogP contribution in [0.4, 0.5) is 0 Å². The summed E-state index contributed by atoms with van der Waals surface area (Å²) in [5.74, 6) is 0. The van der Waals surface area contributed by atoms with Gasteiger partial charge in [-0.25, -0.2) is 4.57 Å². The Morgan fingerprint density at radius 3 is 2.88 bits per heavy atom. The summed E-state index contributed by atoms with van der Waals surface area (Å²) < 4.78 is 21.1. The van der Waals surface area contributed by atoms with Crippen LogP contribution in [0.1, 0.15) is 32.6 Å². The Morgan fingerprint density at radius 2 is 2.25 bits per heavy atom. The molecule has 0 fully saturated rings. The molecule has 92 valence electrons. The molecule has 1 atom stereocenters. The van der Waals surface area contributed by atoms with Crippen molar-refractivity contribution in [3.05, 3.63) is 17.5 Å². The fourth-order valence-corrected chi connectivity index (χ4v) is 2.77. The van der Waals surface area contributed by atoms with E-state index in [1.54, 1.807) is 17.5 Å². The number of phosphoric acid groups is 1. The first-order chi connectivity index (χ1) is 7.64. The van der Waals surface area contributed by atoms with E-state index in [1.165, 1.54) is 11.3 Å². The van der Waals surface area contributed by atoms with Gasteiger partial charge in [0.1, 0.15) is 0 Å². The number of phosphoric ester groups is 1. The minimum absolute atomic E-state index is 0.263. The van der Waals surface area contributed by atoms with Crippen molar-refractivity contribution in [2.75, 3.05) is 6.61 Å². The van der Waals surface area contributed by atoms with E-state index < -0.39 is 7.82 Å². The van der Waals surface area contributed by atoms with Gasteiger partial charge < -0.3 is 4.52 Å². The Kier molecular flexibility index (Phi) is 6.06. The maximum atomic E-state index is 11.4. The minimum atomic E-state index is -3.92. The zero-order valence-corrected chi connectivity index (χ0v) is 11.0. The monoisotopic (exact) mass is 264 g/mol. The van der Waals surface area contributed by atoms with Crippen LogP contribution in [0.5, 0.6) is 5.06 Å². The van der Waals surface area contributed by atoms with Crippen molar-refractivity contribution in [1.82, 2.24) is 0 Å². The van der Waals surface area contributed by atoms with E-state index in [0.29, 0.717) is 5.06 Å². The molecule has 0 saturated heterocycles. The number of hydrogen-bond acceptors (Lipinski definition) is 4. The van der Waals surface area contributed by atoms with Gasteiger partial charge in [0, 0.05) is 0 Å². The third-order valence-electron chi connectivity index (χ3n) is 1.95. The molecule has 0 bridgehead atoms. The molecule has 16 heavy (non-hydrogen) atoms. The Morgan fingerprint density at radius 1 is 1.44 bits per heavy atom. The maximum absolute atomic E-state index is 11.4. The highest BCUT2D eigenvalue weighted by Crippen LogP contribution is 2.45. The smallest absolute Gasteiger partial charge is 0.394 e. The number of thiophene rings is 1. The molecule has 0 aliphatic rings. The molecule has 0 spiro atoms. The van der Waals surface area contributed by atoms with Gasteiger partial charge >= 0.3 is 7.82 Å². The lowest BCUT2D eigenvalue weighted by molar-refractivity contribution is 0.201. The fourth-order valence-electron chi connectivity index (χ4n) is 1.16. The van der Waals surface area contributed by atoms with Gasteiger partial charge in [0.15, 0.2) is 5.06 Å². The quantitative estimate of drug-likeness (QED) is 0.572. The molecule has 1 rings (SSSR count). The molecule has 0 radical (unpaired) electrons. The molecule has 4 nitrogen and oxygen atoms in total. The van der Waals surface area contributed by atoms with Crippen LogP contribution in [0.2, 0.25) is 0 Å². The van der Waals surface area contributed by atoms with E-state index in [1.807, 2.05) is 0 Å². The normalized spacial score (nSPS) is 14.6. The predicted molar refractivity (Wildman–Crippen MR) is 64.9 cm³/mol. The van der Waals surface area contributed by atoms with Gasteiger partial charge in [-0.15, -0.1) is 11.3 Å². The first-order valence-corrected chi connectivity index (χ1v) is 7.72. The topological polar surface area (TPSA) is 55.8 Å². The van der Waals surface area contributed by atoms with Gasteiger partial charge in [-0.05, 0) is 23.9 Å². The standard InChI is InChI=1S/C10H17O4PS/c1-2-3-4-5-8-13-15(11,12)14-10-7-6-9-16-10/h6-7,9H,2-5,8H2,1H3,(H,11,12). The molecule has 0 aliphatic heterocycles. The molecule has 6 heteroatoms. The van der Waals surface area contributed by atoms with E-state index in [2.05, 4.69) is 6.92 Å². The first-order valence-electron chi connectivity index (χ1n) is 5.34. The SMILES string of the molecule is CCCCCCOP(=O)(O)Oc1cccs1. The molecule has 1 unspecified atom stereocenters. The summed E-state index contributed by atoms with van der Waals surface area (Å²) in [5.41, 5.74) is 0. The summed E-state index contributed by atoms with van der Waals surface area (Å²) in [7, 11) is -3.92. The second-order valence-electron chi connectivity index (χ2n) is 3.39. The van der Waals surface area contributed by atoms with E-state index in [0.717, 1.165) is 25.7 Å². The Labute approximate surface area is 99.8 Å². The summed E-state index contributed by atoms with van der Waals surface area (Å²) in [6.07, 6.45) is 4.04. The summed E-state index contributed by atoms with van der Waals surface area (Å²) in [4.78, 5) is 9.36. The Hall–Kier alpha value is -0.350. The number of rotatable bonds is 8. The highest BCUT2D eigenvalue weighted by atomic mass is 32.1. The zero-order chi connectivity index (χ0) is 11.9. The van der Waals surface area contributed by atoms with Crippen LogP contribution >= 0.6 is 19.2 Å². The molecule has 1 aromatic heterocycles. The molecular weight excluding hydrogens is 247 g/mol. The maximum Gasteiger partial charge on any atom is 0.528 e. The van der Waals surface area contributed by atoms with Crippen LogP contribution in [-0.2, 0) is 9.09 Å². The van der Waals surface area contributed by atoms with E-state index in [4.69, 9.17) is 9.05 Å². The minimum Gasteiger partial charge on any atom is -0.394 e. The highest BCUT2D eigenvalue weighted by Gasteiger charge is 2.22. The molecular formula is C10H17O4PS. The lowest BCUT2D eigenvalue weighted by Crippen LogP contribution is -1.98. The van der Waals surface area contributed by atoms with Crippen molar-refractivity contribution in [2.24, 2.45) is 0 Å². The number of hydrogen-bond donors (Lipinski definition) is 1.